The van der Waals surface area contributed by atoms with Gasteiger partial charge in [0.2, 0.25) is 5.91 Å². The van der Waals surface area contributed by atoms with Crippen LogP contribution in [-0.2, 0) is 22.7 Å². The Balaban J connectivity index is 1.44. The maximum Gasteiger partial charge on any atom is 0.281 e. The predicted octanol–water partition coefficient (Wildman–Crippen LogP) is 4.81. The topological polar surface area (TPSA) is 70.7 Å². The Morgan fingerprint density at radius 1 is 1.11 bits per heavy atom. The second-order valence-corrected chi connectivity index (χ2v) is 8.88. The van der Waals surface area contributed by atoms with Crippen LogP contribution in [0.25, 0.3) is 17.0 Å². The van der Waals surface area contributed by atoms with Crippen LogP contribution in [0, 0.1) is 0 Å². The van der Waals surface area contributed by atoms with E-state index in [9.17, 15) is 9.59 Å². The van der Waals surface area contributed by atoms with Crippen molar-refractivity contribution in [3.8, 4) is 0 Å². The van der Waals surface area contributed by atoms with Gasteiger partial charge in [0, 0.05) is 34.7 Å². The highest BCUT2D eigenvalue weighted by Crippen LogP contribution is 2.31. The van der Waals surface area contributed by atoms with Gasteiger partial charge in [0.25, 0.3) is 5.91 Å². The molecule has 3 heterocycles. The first kappa shape index (κ1) is 22.9. The van der Waals surface area contributed by atoms with Crippen LogP contribution in [0.1, 0.15) is 11.3 Å². The number of benzene rings is 2. The molecule has 2 aromatic carbocycles. The number of fused-ring (bicyclic) bond motifs is 1. The van der Waals surface area contributed by atoms with E-state index in [4.69, 9.17) is 28.2 Å². The van der Waals surface area contributed by atoms with Crippen molar-refractivity contribution in [3.05, 3.63) is 95.2 Å². The summed E-state index contributed by atoms with van der Waals surface area (Å²) in [6, 6.07) is 18.3. The van der Waals surface area contributed by atoms with Gasteiger partial charge in [-0.25, -0.2) is 0 Å². The normalized spacial score (nSPS) is 15.0. The van der Waals surface area contributed by atoms with Crippen LogP contribution in [0.15, 0.2) is 83.2 Å². The lowest BCUT2D eigenvalue weighted by Crippen LogP contribution is -2.31. The molecule has 2 amide bonds. The zero-order valence-electron chi connectivity index (χ0n) is 18.8. The van der Waals surface area contributed by atoms with Gasteiger partial charge in [-0.3, -0.25) is 14.5 Å². The van der Waals surface area contributed by atoms with E-state index in [1.165, 1.54) is 4.90 Å². The lowest BCUT2D eigenvalue weighted by atomic mass is 10.1. The van der Waals surface area contributed by atoms with Crippen molar-refractivity contribution in [1.29, 1.82) is 0 Å². The average Bonchev–Trinajstić information content (AvgIpc) is 3.55. The molecule has 1 saturated heterocycles. The molecule has 0 aliphatic carbocycles. The Morgan fingerprint density at radius 2 is 1.89 bits per heavy atom. The van der Waals surface area contributed by atoms with Crippen LogP contribution in [0.5, 0.6) is 0 Å². The number of hydrogen-bond acceptors (Lipinski definition) is 4. The molecule has 1 fully saturated rings. The molecule has 5 rings (SSSR count). The Labute approximate surface area is 212 Å². The zero-order valence-corrected chi connectivity index (χ0v) is 20.3. The monoisotopic (exact) mass is 504 g/mol. The molecule has 1 N–H and O–H groups in total. The Morgan fingerprint density at radius 3 is 2.63 bits per heavy atom. The molecule has 35 heavy (non-hydrogen) atoms. The largest absolute Gasteiger partial charge is 0.467 e. The summed E-state index contributed by atoms with van der Waals surface area (Å²) in [7, 11) is 1.77. The molecule has 7 nitrogen and oxygen atoms in total. The van der Waals surface area contributed by atoms with Crippen molar-refractivity contribution >= 4 is 63.4 Å². The molecule has 0 unspecified atom stereocenters. The fourth-order valence-electron chi connectivity index (χ4n) is 4.05. The summed E-state index contributed by atoms with van der Waals surface area (Å²) in [6.45, 7) is 0.447. The Kier molecular flexibility index (Phi) is 6.15. The number of likely N-dealkylation sites (N-methyl/N-ethyl adjacent to an activating group) is 1. The molecule has 0 saturated carbocycles. The van der Waals surface area contributed by atoms with Crippen LogP contribution in [0.3, 0.4) is 0 Å². The van der Waals surface area contributed by atoms with E-state index in [-0.39, 0.29) is 18.4 Å². The van der Waals surface area contributed by atoms with Gasteiger partial charge < -0.3 is 19.2 Å². The van der Waals surface area contributed by atoms with Crippen molar-refractivity contribution in [1.82, 2.24) is 14.8 Å². The first-order valence-corrected chi connectivity index (χ1v) is 11.7. The average molecular weight is 505 g/mol. The lowest BCUT2D eigenvalue weighted by molar-refractivity contribution is -0.121. The van der Waals surface area contributed by atoms with Gasteiger partial charge in [0.15, 0.2) is 5.11 Å². The number of carbonyl (C=O) groups excluding carboxylic acids is 2. The van der Waals surface area contributed by atoms with Crippen molar-refractivity contribution in [2.24, 2.45) is 0 Å². The highest BCUT2D eigenvalue weighted by Gasteiger charge is 2.37. The quantitative estimate of drug-likeness (QED) is 0.301. The van der Waals surface area contributed by atoms with E-state index in [1.54, 1.807) is 48.5 Å². The molecule has 0 radical (unpaired) electrons. The second-order valence-electron chi connectivity index (χ2n) is 8.07. The summed E-state index contributed by atoms with van der Waals surface area (Å²) in [5, 5.41) is 4.75. The van der Waals surface area contributed by atoms with Crippen LogP contribution in [0.2, 0.25) is 5.02 Å². The number of nitrogens with one attached hydrogen (secondary N) is 1. The smallest absolute Gasteiger partial charge is 0.281 e. The van der Waals surface area contributed by atoms with Gasteiger partial charge in [0.1, 0.15) is 18.0 Å². The summed E-state index contributed by atoms with van der Waals surface area (Å²) in [6.07, 6.45) is 5.26. The minimum Gasteiger partial charge on any atom is -0.467 e. The van der Waals surface area contributed by atoms with Crippen molar-refractivity contribution in [2.45, 2.75) is 13.1 Å². The number of para-hydroxylation sites is 1. The number of carbonyl (C=O) groups is 2. The summed E-state index contributed by atoms with van der Waals surface area (Å²) < 4.78 is 7.14. The lowest BCUT2D eigenvalue weighted by Gasteiger charge is -2.16. The van der Waals surface area contributed by atoms with Gasteiger partial charge in [-0.05, 0) is 60.8 Å². The zero-order chi connectivity index (χ0) is 24.5. The highest BCUT2D eigenvalue weighted by atomic mass is 35.5. The van der Waals surface area contributed by atoms with Gasteiger partial charge in [0.05, 0.1) is 18.5 Å². The predicted molar refractivity (Wildman–Crippen MR) is 140 cm³/mol. The molecular formula is C26H21ClN4O3S. The molecule has 0 atom stereocenters. The highest BCUT2D eigenvalue weighted by molar-refractivity contribution is 7.80. The number of hydrogen-bond donors (Lipinski definition) is 1. The van der Waals surface area contributed by atoms with Gasteiger partial charge >= 0.3 is 0 Å². The summed E-state index contributed by atoms with van der Waals surface area (Å²) in [5.41, 5.74) is 2.79. The van der Waals surface area contributed by atoms with E-state index in [0.29, 0.717) is 33.8 Å². The Bertz CT molecular complexity index is 1460. The molecule has 0 bridgehead atoms. The number of rotatable bonds is 6. The summed E-state index contributed by atoms with van der Waals surface area (Å²) in [4.78, 5) is 29.1. The van der Waals surface area contributed by atoms with Gasteiger partial charge in [-0.2, -0.15) is 0 Å². The molecule has 0 spiro atoms. The molecule has 9 heteroatoms. The number of amides is 2. The number of thiocarbonyl (C=S) groups is 1. The number of anilines is 1. The number of nitrogens with zero attached hydrogens (tertiary/aromatic N) is 3. The number of halogens is 1. The van der Waals surface area contributed by atoms with Crippen LogP contribution < -0.4 is 10.2 Å². The van der Waals surface area contributed by atoms with Crippen molar-refractivity contribution < 1.29 is 14.0 Å². The third-order valence-corrected chi connectivity index (χ3v) is 6.52. The van der Waals surface area contributed by atoms with E-state index in [1.807, 2.05) is 47.2 Å². The standard InChI is InChI=1S/C26H21ClN4O3S/c1-29-23(25(33)31(26(29)35)19-10-8-18(27)9-11-19)13-17-15-30(22-7-3-2-6-21(17)22)16-24(32)28-14-20-5-4-12-34-20/h2-13,15H,14,16H2,1H3,(H,28,32)/b23-13+. The van der Waals surface area contributed by atoms with E-state index >= 15 is 0 Å². The van der Waals surface area contributed by atoms with Crippen LogP contribution in [0.4, 0.5) is 5.69 Å². The van der Waals surface area contributed by atoms with Crippen molar-refractivity contribution in [2.75, 3.05) is 11.9 Å². The first-order chi connectivity index (χ1) is 16.9. The summed E-state index contributed by atoms with van der Waals surface area (Å²) >= 11 is 11.6. The Hall–Kier alpha value is -3.88. The first-order valence-electron chi connectivity index (χ1n) is 10.9. The third kappa shape index (κ3) is 4.45. The van der Waals surface area contributed by atoms with Crippen molar-refractivity contribution in [3.63, 3.8) is 0 Å². The molecule has 1 aliphatic heterocycles. The number of furan rings is 1. The fraction of sp³-hybridized carbons (Fsp3) is 0.115. The van der Waals surface area contributed by atoms with Crippen LogP contribution in [-0.4, -0.2) is 33.4 Å². The van der Waals surface area contributed by atoms with Gasteiger partial charge in [-0.1, -0.05) is 29.8 Å². The SMILES string of the molecule is CN1C(=S)N(c2ccc(Cl)cc2)C(=O)/C1=C\c1cn(CC(=O)NCc2ccco2)c2ccccc12. The minimum absolute atomic E-state index is 0.128. The molecule has 1 aliphatic rings. The van der Waals surface area contributed by atoms with E-state index in [2.05, 4.69) is 5.32 Å². The maximum absolute atomic E-state index is 13.4. The molecule has 2 aromatic heterocycles. The minimum atomic E-state index is -0.229. The molecule has 4 aromatic rings. The molecular weight excluding hydrogens is 484 g/mol. The van der Waals surface area contributed by atoms with Crippen LogP contribution >= 0.6 is 23.8 Å². The maximum atomic E-state index is 13.4. The third-order valence-electron chi connectivity index (χ3n) is 5.81. The fourth-order valence-corrected chi connectivity index (χ4v) is 4.46. The number of aromatic nitrogens is 1. The molecule has 176 valence electrons. The van der Waals surface area contributed by atoms with E-state index in [0.717, 1.165) is 16.5 Å². The van der Waals surface area contributed by atoms with E-state index < -0.39 is 0 Å². The summed E-state index contributed by atoms with van der Waals surface area (Å²) in [5.74, 6) is 0.309. The van der Waals surface area contributed by atoms with Gasteiger partial charge in [-0.15, -0.1) is 0 Å². The second kappa shape index (κ2) is 9.40.